The summed E-state index contributed by atoms with van der Waals surface area (Å²) in [7, 11) is 0. The molecule has 0 aliphatic carbocycles. The van der Waals surface area contributed by atoms with Gasteiger partial charge < -0.3 is 0 Å². The van der Waals surface area contributed by atoms with E-state index in [-0.39, 0.29) is 41.5 Å². The molecule has 140 valence electrons. The number of anilines is 2. The summed E-state index contributed by atoms with van der Waals surface area (Å²) in [6, 6.07) is 14.3. The summed E-state index contributed by atoms with van der Waals surface area (Å²) in [5, 5.41) is 20.2. The summed E-state index contributed by atoms with van der Waals surface area (Å²) in [6.07, 6.45) is 0.204. The van der Waals surface area contributed by atoms with Crippen molar-refractivity contribution in [1.82, 2.24) is 14.8 Å². The zero-order valence-corrected chi connectivity index (χ0v) is 14.4. The number of nitrogens with zero attached hydrogens (tertiary/aromatic N) is 4. The Bertz CT molecular complexity index is 1060. The van der Waals surface area contributed by atoms with E-state index in [1.165, 1.54) is 24.3 Å². The van der Waals surface area contributed by atoms with Crippen LogP contribution in [-0.2, 0) is 4.79 Å². The average Bonchev–Trinajstić information content (AvgIpc) is 3.10. The molecule has 1 aromatic heterocycles. The van der Waals surface area contributed by atoms with E-state index in [0.717, 1.165) is 5.56 Å². The molecule has 2 amide bonds. The maximum absolute atomic E-state index is 12.4. The van der Waals surface area contributed by atoms with Crippen molar-refractivity contribution in [2.75, 3.05) is 10.6 Å². The van der Waals surface area contributed by atoms with Crippen LogP contribution in [-0.4, -0.2) is 31.5 Å². The van der Waals surface area contributed by atoms with Crippen molar-refractivity contribution in [3.63, 3.8) is 0 Å². The lowest BCUT2D eigenvalue weighted by atomic mass is 10.0. The number of aromatic nitrogens is 3. The fourth-order valence-electron chi connectivity index (χ4n) is 2.96. The number of fused-ring (bicyclic) bond motifs is 1. The fourth-order valence-corrected chi connectivity index (χ4v) is 2.96. The second kappa shape index (κ2) is 6.91. The van der Waals surface area contributed by atoms with Gasteiger partial charge in [0.25, 0.3) is 17.5 Å². The van der Waals surface area contributed by atoms with E-state index in [2.05, 4.69) is 20.7 Å². The highest BCUT2D eigenvalue weighted by atomic mass is 16.6. The lowest BCUT2D eigenvalue weighted by Gasteiger charge is -2.23. The van der Waals surface area contributed by atoms with Gasteiger partial charge in [0.1, 0.15) is 0 Å². The molecule has 1 atom stereocenters. The molecule has 2 heterocycles. The van der Waals surface area contributed by atoms with Gasteiger partial charge >= 0.3 is 0 Å². The second-order valence-electron chi connectivity index (χ2n) is 6.14. The molecule has 10 nitrogen and oxygen atoms in total. The van der Waals surface area contributed by atoms with Crippen LogP contribution in [0.4, 0.5) is 17.6 Å². The van der Waals surface area contributed by atoms with E-state index < -0.39 is 10.8 Å². The monoisotopic (exact) mass is 378 g/mol. The third kappa shape index (κ3) is 3.30. The van der Waals surface area contributed by atoms with Gasteiger partial charge in [-0.05, 0) is 17.7 Å². The molecule has 1 aliphatic heterocycles. The quantitative estimate of drug-likeness (QED) is 0.529. The van der Waals surface area contributed by atoms with Gasteiger partial charge in [0.05, 0.1) is 17.4 Å². The number of carbonyl (C=O) groups is 2. The highest BCUT2D eigenvalue weighted by Crippen LogP contribution is 2.29. The van der Waals surface area contributed by atoms with Gasteiger partial charge in [0.2, 0.25) is 11.9 Å². The first-order chi connectivity index (χ1) is 13.5. The summed E-state index contributed by atoms with van der Waals surface area (Å²) in [6.45, 7) is 0. The Morgan fingerprint density at radius 2 is 1.89 bits per heavy atom. The normalized spacial score (nSPS) is 15.4. The van der Waals surface area contributed by atoms with Crippen LogP contribution in [0.1, 0.15) is 28.4 Å². The zero-order chi connectivity index (χ0) is 19.7. The Labute approximate surface area is 158 Å². The van der Waals surface area contributed by atoms with Gasteiger partial charge in [-0.3, -0.25) is 30.3 Å². The van der Waals surface area contributed by atoms with E-state index in [4.69, 9.17) is 0 Å². The van der Waals surface area contributed by atoms with Crippen LogP contribution in [0.3, 0.4) is 0 Å². The standard InChI is InChI=1S/C18H14N6O4/c25-15-10-14(11-4-2-1-3-5-11)23-18(19-15)21-17(22-23)20-16(26)12-6-8-13(9-7-12)24(27)28/h1-9,14H,10H2,(H2,19,20,21,22,25,26)/t14-/m1/s1. The first-order valence-corrected chi connectivity index (χ1v) is 8.38. The molecule has 2 N–H and O–H groups in total. The molecule has 10 heteroatoms. The SMILES string of the molecule is O=C1C[C@H](c2ccccc2)n2nc(NC(=O)c3ccc([N+](=O)[O-])cc3)nc2N1. The number of benzene rings is 2. The molecule has 0 fully saturated rings. The van der Waals surface area contributed by atoms with Crippen LogP contribution in [0.15, 0.2) is 54.6 Å². The van der Waals surface area contributed by atoms with Crippen molar-refractivity contribution in [3.05, 3.63) is 75.8 Å². The minimum atomic E-state index is -0.543. The highest BCUT2D eigenvalue weighted by molar-refractivity contribution is 6.03. The van der Waals surface area contributed by atoms with Crippen LogP contribution >= 0.6 is 0 Å². The van der Waals surface area contributed by atoms with Gasteiger partial charge in [-0.15, -0.1) is 5.10 Å². The molecule has 0 saturated heterocycles. The number of nitro groups is 1. The number of hydrogen-bond acceptors (Lipinski definition) is 6. The van der Waals surface area contributed by atoms with E-state index in [1.807, 2.05) is 30.3 Å². The zero-order valence-electron chi connectivity index (χ0n) is 14.4. The lowest BCUT2D eigenvalue weighted by molar-refractivity contribution is -0.384. The number of non-ortho nitro benzene ring substituents is 1. The second-order valence-corrected chi connectivity index (χ2v) is 6.14. The van der Waals surface area contributed by atoms with Crippen molar-refractivity contribution in [1.29, 1.82) is 0 Å². The maximum Gasteiger partial charge on any atom is 0.269 e. The molecule has 0 spiro atoms. The fraction of sp³-hybridized carbons (Fsp3) is 0.111. The molecule has 3 aromatic rings. The summed E-state index contributed by atoms with van der Waals surface area (Å²) in [5.74, 6) is -0.437. The smallest absolute Gasteiger partial charge is 0.269 e. The lowest BCUT2D eigenvalue weighted by Crippen LogP contribution is -2.29. The Hall–Kier alpha value is -4.08. The first-order valence-electron chi connectivity index (χ1n) is 8.38. The van der Waals surface area contributed by atoms with E-state index in [1.54, 1.807) is 4.68 Å². The summed E-state index contributed by atoms with van der Waals surface area (Å²) in [5.41, 5.74) is 1.01. The van der Waals surface area contributed by atoms with Gasteiger partial charge in [-0.1, -0.05) is 30.3 Å². The van der Waals surface area contributed by atoms with Gasteiger partial charge in [0, 0.05) is 17.7 Å². The third-order valence-corrected chi connectivity index (χ3v) is 4.31. The Morgan fingerprint density at radius 3 is 2.57 bits per heavy atom. The molecule has 4 rings (SSSR count). The minimum Gasteiger partial charge on any atom is -0.295 e. The Balaban J connectivity index is 1.58. The molecule has 28 heavy (non-hydrogen) atoms. The topological polar surface area (TPSA) is 132 Å². The van der Waals surface area contributed by atoms with Crippen molar-refractivity contribution in [2.45, 2.75) is 12.5 Å². The molecular formula is C18H14N6O4. The predicted octanol–water partition coefficient (Wildman–Crippen LogP) is 2.37. The molecular weight excluding hydrogens is 364 g/mol. The molecule has 0 unspecified atom stereocenters. The van der Waals surface area contributed by atoms with Crippen molar-refractivity contribution >= 4 is 29.4 Å². The first kappa shape index (κ1) is 17.3. The third-order valence-electron chi connectivity index (χ3n) is 4.31. The van der Waals surface area contributed by atoms with Crippen LogP contribution in [0.2, 0.25) is 0 Å². The van der Waals surface area contributed by atoms with Crippen molar-refractivity contribution in [3.8, 4) is 0 Å². The van der Waals surface area contributed by atoms with E-state index in [9.17, 15) is 19.7 Å². The number of nitro benzene ring substituents is 1. The maximum atomic E-state index is 12.4. The Kier molecular flexibility index (Phi) is 4.28. The summed E-state index contributed by atoms with van der Waals surface area (Å²) >= 11 is 0. The highest BCUT2D eigenvalue weighted by Gasteiger charge is 2.29. The molecule has 0 saturated carbocycles. The predicted molar refractivity (Wildman–Crippen MR) is 98.9 cm³/mol. The minimum absolute atomic E-state index is 0.0292. The van der Waals surface area contributed by atoms with Crippen LogP contribution < -0.4 is 10.6 Å². The van der Waals surface area contributed by atoms with Crippen LogP contribution in [0.5, 0.6) is 0 Å². The average molecular weight is 378 g/mol. The van der Waals surface area contributed by atoms with Gasteiger partial charge in [0.15, 0.2) is 0 Å². The largest absolute Gasteiger partial charge is 0.295 e. The number of amides is 2. The van der Waals surface area contributed by atoms with Crippen LogP contribution in [0.25, 0.3) is 0 Å². The van der Waals surface area contributed by atoms with Crippen molar-refractivity contribution in [2.24, 2.45) is 0 Å². The van der Waals surface area contributed by atoms with Crippen molar-refractivity contribution < 1.29 is 14.5 Å². The van der Waals surface area contributed by atoms with Gasteiger partial charge in [-0.25, -0.2) is 4.68 Å². The molecule has 0 radical (unpaired) electrons. The number of hydrogen-bond donors (Lipinski definition) is 2. The molecule has 0 bridgehead atoms. The number of nitrogens with one attached hydrogen (secondary N) is 2. The summed E-state index contributed by atoms with van der Waals surface area (Å²) < 4.78 is 1.56. The van der Waals surface area contributed by atoms with E-state index >= 15 is 0 Å². The number of rotatable bonds is 4. The summed E-state index contributed by atoms with van der Waals surface area (Å²) in [4.78, 5) is 38.7. The Morgan fingerprint density at radius 1 is 1.18 bits per heavy atom. The molecule has 2 aromatic carbocycles. The van der Waals surface area contributed by atoms with Gasteiger partial charge in [-0.2, -0.15) is 4.98 Å². The van der Waals surface area contributed by atoms with Crippen LogP contribution in [0, 0.1) is 10.1 Å². The molecule has 1 aliphatic rings. The number of carbonyl (C=O) groups excluding carboxylic acids is 2. The van der Waals surface area contributed by atoms with E-state index in [0.29, 0.717) is 0 Å².